The summed E-state index contributed by atoms with van der Waals surface area (Å²) in [4.78, 5) is 31.1. The number of hydrogen-bond donors (Lipinski definition) is 2. The van der Waals surface area contributed by atoms with E-state index < -0.39 is 53.4 Å². The van der Waals surface area contributed by atoms with Crippen LogP contribution in [0.4, 0.5) is 29.1 Å². The largest absolute Gasteiger partial charge is 0.416 e. The summed E-state index contributed by atoms with van der Waals surface area (Å²) in [6.07, 6.45) is -7.56. The minimum absolute atomic E-state index is 0.0912. The van der Waals surface area contributed by atoms with Crippen molar-refractivity contribution in [2.45, 2.75) is 44.2 Å². The lowest BCUT2D eigenvalue weighted by Crippen LogP contribution is -2.50. The zero-order chi connectivity index (χ0) is 23.5. The van der Waals surface area contributed by atoms with Crippen molar-refractivity contribution in [1.82, 2.24) is 4.98 Å². The maximum atomic E-state index is 14.8. The van der Waals surface area contributed by atoms with E-state index in [-0.39, 0.29) is 11.4 Å². The van der Waals surface area contributed by atoms with Crippen molar-refractivity contribution in [3.63, 3.8) is 0 Å². The fourth-order valence-electron chi connectivity index (χ4n) is 4.01. The molecular formula is C21H19F4N3O4. The van der Waals surface area contributed by atoms with Gasteiger partial charge >= 0.3 is 6.18 Å². The maximum Gasteiger partial charge on any atom is 0.416 e. The molecule has 0 saturated carbocycles. The van der Waals surface area contributed by atoms with Gasteiger partial charge in [-0.05, 0) is 49.1 Å². The van der Waals surface area contributed by atoms with Crippen LogP contribution in [0, 0.1) is 12.7 Å². The van der Waals surface area contributed by atoms with E-state index in [1.54, 1.807) is 6.07 Å². The van der Waals surface area contributed by atoms with E-state index in [9.17, 15) is 37.4 Å². The van der Waals surface area contributed by atoms with Crippen LogP contribution in [0.3, 0.4) is 0 Å². The number of carbonyl (C=O) groups is 2. The van der Waals surface area contributed by atoms with Crippen molar-refractivity contribution >= 4 is 23.3 Å². The number of carbonyl (C=O) groups excluding carboxylic acids is 2. The number of aliphatic hydroxyl groups is 2. The Hall–Kier alpha value is -3.05. The van der Waals surface area contributed by atoms with Crippen molar-refractivity contribution in [1.29, 1.82) is 0 Å². The van der Waals surface area contributed by atoms with Gasteiger partial charge in [0.25, 0.3) is 11.8 Å². The molecule has 4 rings (SSSR count). The van der Waals surface area contributed by atoms with Crippen LogP contribution in [0.2, 0.25) is 0 Å². The SMILES string of the molecule is Cc1cc(C(F)(F)F)cc(N2C(=O)C(O)C(O)C2C(=O)N(C)c2ccc3c(c2F)CC3)n1. The Morgan fingerprint density at radius 3 is 2.50 bits per heavy atom. The van der Waals surface area contributed by atoms with Gasteiger partial charge in [-0.15, -0.1) is 0 Å². The predicted octanol–water partition coefficient (Wildman–Crippen LogP) is 1.75. The number of aliphatic hydroxyl groups excluding tert-OH is 2. The smallest absolute Gasteiger partial charge is 0.387 e. The lowest BCUT2D eigenvalue weighted by atomic mass is 9.87. The first kappa shape index (κ1) is 22.2. The van der Waals surface area contributed by atoms with E-state index in [2.05, 4.69) is 4.98 Å². The summed E-state index contributed by atoms with van der Waals surface area (Å²) in [5.74, 6) is -3.35. The molecule has 3 atom stereocenters. The topological polar surface area (TPSA) is 94.0 Å². The van der Waals surface area contributed by atoms with E-state index in [0.29, 0.717) is 29.4 Å². The zero-order valence-corrected chi connectivity index (χ0v) is 17.0. The molecule has 32 heavy (non-hydrogen) atoms. The highest BCUT2D eigenvalue weighted by Gasteiger charge is 2.53. The zero-order valence-electron chi connectivity index (χ0n) is 17.0. The summed E-state index contributed by atoms with van der Waals surface area (Å²) >= 11 is 0. The van der Waals surface area contributed by atoms with Crippen molar-refractivity contribution in [2.24, 2.45) is 0 Å². The molecule has 2 N–H and O–H groups in total. The first-order valence-corrected chi connectivity index (χ1v) is 9.74. The highest BCUT2D eigenvalue weighted by Crippen LogP contribution is 2.36. The average Bonchev–Trinajstić information content (AvgIpc) is 2.91. The monoisotopic (exact) mass is 453 g/mol. The quantitative estimate of drug-likeness (QED) is 0.691. The highest BCUT2D eigenvalue weighted by molar-refractivity contribution is 6.10. The minimum atomic E-state index is -4.76. The third-order valence-corrected chi connectivity index (χ3v) is 5.84. The van der Waals surface area contributed by atoms with Gasteiger partial charge in [0.15, 0.2) is 6.10 Å². The summed E-state index contributed by atoms with van der Waals surface area (Å²) in [5.41, 5.74) is -0.0492. The summed E-state index contributed by atoms with van der Waals surface area (Å²) in [6.45, 7) is 1.27. The molecule has 1 aliphatic heterocycles. The lowest BCUT2D eigenvalue weighted by Gasteiger charge is -2.30. The second-order valence-electron chi connectivity index (χ2n) is 7.88. The van der Waals surface area contributed by atoms with E-state index in [1.165, 1.54) is 20.0 Å². The lowest BCUT2D eigenvalue weighted by molar-refractivity contribution is -0.137. The van der Waals surface area contributed by atoms with Crippen molar-refractivity contribution in [2.75, 3.05) is 16.8 Å². The Morgan fingerprint density at radius 1 is 1.22 bits per heavy atom. The van der Waals surface area contributed by atoms with Gasteiger partial charge in [-0.2, -0.15) is 13.2 Å². The predicted molar refractivity (Wildman–Crippen MR) is 104 cm³/mol. The fourth-order valence-corrected chi connectivity index (χ4v) is 4.01. The number of nitrogens with zero attached hydrogens (tertiary/aromatic N) is 3. The number of hydrogen-bond acceptors (Lipinski definition) is 5. The number of aryl methyl sites for hydroxylation is 2. The molecule has 2 aliphatic rings. The van der Waals surface area contributed by atoms with Gasteiger partial charge in [0.1, 0.15) is 23.8 Å². The van der Waals surface area contributed by atoms with Gasteiger partial charge in [0.2, 0.25) is 0 Å². The van der Waals surface area contributed by atoms with Crippen LogP contribution in [-0.4, -0.2) is 52.3 Å². The van der Waals surface area contributed by atoms with Gasteiger partial charge in [-0.25, -0.2) is 9.37 Å². The number of rotatable bonds is 3. The number of likely N-dealkylation sites (N-methyl/N-ethyl adjacent to an activating group) is 1. The van der Waals surface area contributed by atoms with Gasteiger partial charge < -0.3 is 15.1 Å². The van der Waals surface area contributed by atoms with Crippen LogP contribution in [0.5, 0.6) is 0 Å². The maximum absolute atomic E-state index is 14.8. The van der Waals surface area contributed by atoms with Gasteiger partial charge in [0, 0.05) is 12.7 Å². The number of pyridine rings is 1. The van der Waals surface area contributed by atoms with Crippen LogP contribution in [0.15, 0.2) is 24.3 Å². The van der Waals surface area contributed by atoms with Crippen LogP contribution >= 0.6 is 0 Å². The Bertz CT molecular complexity index is 1120. The number of amides is 2. The number of anilines is 2. The third-order valence-electron chi connectivity index (χ3n) is 5.84. The first-order valence-electron chi connectivity index (χ1n) is 9.74. The Kier molecular flexibility index (Phi) is 5.21. The Labute approximate surface area is 179 Å². The van der Waals surface area contributed by atoms with E-state index in [1.807, 2.05) is 0 Å². The second kappa shape index (κ2) is 7.52. The summed E-state index contributed by atoms with van der Waals surface area (Å²) < 4.78 is 54.6. The van der Waals surface area contributed by atoms with Crippen molar-refractivity contribution < 1.29 is 37.4 Å². The highest BCUT2D eigenvalue weighted by atomic mass is 19.4. The molecule has 0 radical (unpaired) electrons. The Morgan fingerprint density at radius 2 is 1.91 bits per heavy atom. The number of aromatic nitrogens is 1. The summed E-state index contributed by atoms with van der Waals surface area (Å²) in [5, 5.41) is 20.5. The molecule has 1 aromatic carbocycles. The minimum Gasteiger partial charge on any atom is -0.387 e. The molecule has 170 valence electrons. The normalized spacial score (nSPS) is 22.6. The molecule has 1 aliphatic carbocycles. The number of halogens is 4. The van der Waals surface area contributed by atoms with Crippen LogP contribution in [0.25, 0.3) is 0 Å². The molecule has 0 bridgehead atoms. The third kappa shape index (κ3) is 3.41. The molecule has 3 unspecified atom stereocenters. The van der Waals surface area contributed by atoms with Crippen LogP contribution in [0.1, 0.15) is 22.4 Å². The van der Waals surface area contributed by atoms with Crippen molar-refractivity contribution in [3.05, 3.63) is 52.5 Å². The van der Waals surface area contributed by atoms with Gasteiger partial charge in [0.05, 0.1) is 11.3 Å². The molecule has 11 heteroatoms. The van der Waals surface area contributed by atoms with Gasteiger partial charge in [-0.1, -0.05) is 6.07 Å². The van der Waals surface area contributed by atoms with Crippen LogP contribution < -0.4 is 9.80 Å². The standard InChI is InChI=1S/C21H19F4N3O4/c1-9-7-11(21(23,24)25)8-14(26-9)28-16(17(29)18(30)20(28)32)19(31)27(2)13-6-4-10-3-5-12(10)15(13)22/h4,6-8,16-18,29-30H,3,5H2,1-2H3. The molecule has 1 saturated heterocycles. The summed E-state index contributed by atoms with van der Waals surface area (Å²) in [6, 6.07) is 2.55. The molecule has 2 amide bonds. The van der Waals surface area contributed by atoms with E-state index in [0.717, 1.165) is 16.5 Å². The molecule has 1 aromatic heterocycles. The average molecular weight is 453 g/mol. The number of benzene rings is 1. The summed E-state index contributed by atoms with van der Waals surface area (Å²) in [7, 11) is 1.22. The Balaban J connectivity index is 1.75. The van der Waals surface area contributed by atoms with E-state index >= 15 is 0 Å². The van der Waals surface area contributed by atoms with Gasteiger partial charge in [-0.3, -0.25) is 14.5 Å². The van der Waals surface area contributed by atoms with Crippen molar-refractivity contribution in [3.8, 4) is 0 Å². The molecule has 1 fully saturated rings. The second-order valence-corrected chi connectivity index (χ2v) is 7.88. The molecule has 7 nitrogen and oxygen atoms in total. The molecule has 0 spiro atoms. The molecule has 2 heterocycles. The van der Waals surface area contributed by atoms with E-state index in [4.69, 9.17) is 0 Å². The van der Waals surface area contributed by atoms with Crippen LogP contribution in [-0.2, 0) is 28.6 Å². The molecule has 2 aromatic rings. The number of alkyl halides is 3. The number of fused-ring (bicyclic) bond motifs is 1. The fraction of sp³-hybridized carbons (Fsp3) is 0.381. The molecular weight excluding hydrogens is 434 g/mol. The first-order chi connectivity index (χ1) is 14.9.